The Morgan fingerprint density at radius 2 is 2.20 bits per heavy atom. The van der Waals surface area contributed by atoms with Crippen molar-refractivity contribution in [3.8, 4) is 0 Å². The monoisotopic (exact) mass is 224 g/mol. The van der Waals surface area contributed by atoms with Crippen molar-refractivity contribution in [1.29, 1.82) is 0 Å². The number of halogens is 1. The minimum absolute atomic E-state index is 0.269. The molecule has 1 N–H and O–H groups in total. The Bertz CT molecular complexity index is 332. The fourth-order valence-corrected chi connectivity index (χ4v) is 2.84. The Kier molecular flexibility index (Phi) is 3.27. The number of hydrogen-bond acceptors (Lipinski definition) is 2. The molecule has 15 heavy (non-hydrogen) atoms. The molecule has 0 bridgehead atoms. The van der Waals surface area contributed by atoms with Gasteiger partial charge in [0.1, 0.15) is 0 Å². The lowest BCUT2D eigenvalue weighted by atomic mass is 9.71. The second kappa shape index (κ2) is 4.50. The van der Waals surface area contributed by atoms with Crippen LogP contribution in [-0.4, -0.2) is 18.1 Å². The first-order valence-electron chi connectivity index (χ1n) is 5.59. The minimum Gasteiger partial charge on any atom is -0.317 e. The first-order valence-corrected chi connectivity index (χ1v) is 5.97. The smallest absolute Gasteiger partial charge is 0.0626 e. The van der Waals surface area contributed by atoms with E-state index in [1.165, 1.54) is 18.4 Å². The molecule has 0 aliphatic carbocycles. The fourth-order valence-electron chi connectivity index (χ4n) is 2.52. The predicted octanol–water partition coefficient (Wildman–Crippen LogP) is 2.77. The van der Waals surface area contributed by atoms with Crippen molar-refractivity contribution < 1.29 is 0 Å². The molecule has 1 aromatic rings. The quantitative estimate of drug-likeness (QED) is 0.836. The standard InChI is InChI=1S/C12H17ClN2/c1-2-12(4-7-14-8-5-12)10-3-6-15-9-11(10)13/h3,6,9,14H,2,4-5,7-8H2,1H3. The summed E-state index contributed by atoms with van der Waals surface area (Å²) in [6.07, 6.45) is 7.11. The third-order valence-electron chi connectivity index (χ3n) is 3.58. The largest absolute Gasteiger partial charge is 0.317 e. The zero-order valence-corrected chi connectivity index (χ0v) is 9.85. The molecule has 0 aromatic carbocycles. The molecular formula is C12H17ClN2. The Balaban J connectivity index is 2.36. The molecule has 0 atom stereocenters. The van der Waals surface area contributed by atoms with E-state index in [4.69, 9.17) is 11.6 Å². The van der Waals surface area contributed by atoms with E-state index in [0.29, 0.717) is 0 Å². The summed E-state index contributed by atoms with van der Waals surface area (Å²) in [4.78, 5) is 4.06. The maximum atomic E-state index is 6.24. The SMILES string of the molecule is CCC1(c2ccncc2Cl)CCNCC1. The predicted molar refractivity (Wildman–Crippen MR) is 63.3 cm³/mol. The Labute approximate surface area is 96.1 Å². The van der Waals surface area contributed by atoms with E-state index in [1.54, 1.807) is 6.20 Å². The molecule has 3 heteroatoms. The Morgan fingerprint density at radius 1 is 1.47 bits per heavy atom. The summed E-state index contributed by atoms with van der Waals surface area (Å²) < 4.78 is 0. The van der Waals surface area contributed by atoms with Crippen LogP contribution in [0.5, 0.6) is 0 Å². The molecule has 0 radical (unpaired) electrons. The van der Waals surface area contributed by atoms with Gasteiger partial charge in [-0.2, -0.15) is 0 Å². The van der Waals surface area contributed by atoms with E-state index in [-0.39, 0.29) is 5.41 Å². The maximum absolute atomic E-state index is 6.24. The van der Waals surface area contributed by atoms with Gasteiger partial charge >= 0.3 is 0 Å². The molecule has 1 aliphatic heterocycles. The summed E-state index contributed by atoms with van der Waals surface area (Å²) in [5.41, 5.74) is 1.55. The second-order valence-electron chi connectivity index (χ2n) is 4.24. The molecule has 0 spiro atoms. The average Bonchev–Trinajstić information content (AvgIpc) is 2.30. The molecule has 0 saturated carbocycles. The van der Waals surface area contributed by atoms with Gasteiger partial charge in [0.05, 0.1) is 5.02 Å². The summed E-state index contributed by atoms with van der Waals surface area (Å²) >= 11 is 6.24. The third kappa shape index (κ3) is 2.01. The van der Waals surface area contributed by atoms with Crippen molar-refractivity contribution >= 4 is 11.6 Å². The number of nitrogens with zero attached hydrogens (tertiary/aromatic N) is 1. The van der Waals surface area contributed by atoms with Crippen LogP contribution in [0.25, 0.3) is 0 Å². The van der Waals surface area contributed by atoms with E-state index in [2.05, 4.69) is 23.3 Å². The first-order chi connectivity index (χ1) is 7.28. The van der Waals surface area contributed by atoms with Gasteiger partial charge in [-0.05, 0) is 49.4 Å². The van der Waals surface area contributed by atoms with Crippen molar-refractivity contribution in [2.24, 2.45) is 0 Å². The zero-order valence-electron chi connectivity index (χ0n) is 9.09. The van der Waals surface area contributed by atoms with E-state index in [1.807, 2.05) is 6.20 Å². The van der Waals surface area contributed by atoms with Crippen LogP contribution in [0, 0.1) is 0 Å². The van der Waals surface area contributed by atoms with E-state index in [0.717, 1.165) is 24.5 Å². The van der Waals surface area contributed by atoms with Crippen LogP contribution in [-0.2, 0) is 5.41 Å². The first kappa shape index (κ1) is 10.9. The molecule has 0 amide bonds. The normalized spacial score (nSPS) is 20.1. The summed E-state index contributed by atoms with van der Waals surface area (Å²) in [6.45, 7) is 4.43. The number of piperidine rings is 1. The molecule has 1 saturated heterocycles. The molecule has 2 rings (SSSR count). The van der Waals surface area contributed by atoms with Crippen molar-refractivity contribution in [3.63, 3.8) is 0 Å². The molecule has 1 fully saturated rings. The Morgan fingerprint density at radius 3 is 2.80 bits per heavy atom. The summed E-state index contributed by atoms with van der Waals surface area (Å²) in [6, 6.07) is 2.08. The number of pyridine rings is 1. The van der Waals surface area contributed by atoms with Gasteiger partial charge in [-0.15, -0.1) is 0 Å². The summed E-state index contributed by atoms with van der Waals surface area (Å²) in [5.74, 6) is 0. The molecule has 2 nitrogen and oxygen atoms in total. The lowest BCUT2D eigenvalue weighted by molar-refractivity contribution is 0.297. The van der Waals surface area contributed by atoms with Gasteiger partial charge in [-0.25, -0.2) is 0 Å². The van der Waals surface area contributed by atoms with Gasteiger partial charge in [0.2, 0.25) is 0 Å². The highest BCUT2D eigenvalue weighted by molar-refractivity contribution is 6.31. The van der Waals surface area contributed by atoms with Crippen LogP contribution in [0.2, 0.25) is 5.02 Å². The van der Waals surface area contributed by atoms with Gasteiger partial charge in [-0.1, -0.05) is 18.5 Å². The van der Waals surface area contributed by atoms with Crippen molar-refractivity contribution in [2.45, 2.75) is 31.6 Å². The van der Waals surface area contributed by atoms with Crippen molar-refractivity contribution in [3.05, 3.63) is 29.0 Å². The lowest BCUT2D eigenvalue weighted by Gasteiger charge is -2.37. The van der Waals surface area contributed by atoms with Gasteiger partial charge < -0.3 is 5.32 Å². The van der Waals surface area contributed by atoms with Crippen LogP contribution in [0.3, 0.4) is 0 Å². The van der Waals surface area contributed by atoms with Crippen LogP contribution >= 0.6 is 11.6 Å². The molecule has 82 valence electrons. The van der Waals surface area contributed by atoms with E-state index >= 15 is 0 Å². The molecular weight excluding hydrogens is 208 g/mol. The fraction of sp³-hybridized carbons (Fsp3) is 0.583. The topological polar surface area (TPSA) is 24.9 Å². The highest BCUT2D eigenvalue weighted by Gasteiger charge is 2.33. The minimum atomic E-state index is 0.269. The highest BCUT2D eigenvalue weighted by Crippen LogP contribution is 2.39. The Hall–Kier alpha value is -0.600. The average molecular weight is 225 g/mol. The highest BCUT2D eigenvalue weighted by atomic mass is 35.5. The van der Waals surface area contributed by atoms with E-state index < -0.39 is 0 Å². The third-order valence-corrected chi connectivity index (χ3v) is 3.88. The summed E-state index contributed by atoms with van der Waals surface area (Å²) in [7, 11) is 0. The number of hydrogen-bond donors (Lipinski definition) is 1. The van der Waals surface area contributed by atoms with Crippen molar-refractivity contribution in [1.82, 2.24) is 10.3 Å². The van der Waals surface area contributed by atoms with Crippen LogP contribution < -0.4 is 5.32 Å². The molecule has 2 heterocycles. The van der Waals surface area contributed by atoms with Crippen LogP contribution in [0.4, 0.5) is 0 Å². The maximum Gasteiger partial charge on any atom is 0.0626 e. The van der Waals surface area contributed by atoms with Crippen molar-refractivity contribution in [2.75, 3.05) is 13.1 Å². The number of nitrogens with one attached hydrogen (secondary N) is 1. The van der Waals surface area contributed by atoms with Gasteiger partial charge in [0.25, 0.3) is 0 Å². The number of aromatic nitrogens is 1. The van der Waals surface area contributed by atoms with E-state index in [9.17, 15) is 0 Å². The van der Waals surface area contributed by atoms with Crippen LogP contribution in [0.1, 0.15) is 31.7 Å². The van der Waals surface area contributed by atoms with Crippen LogP contribution in [0.15, 0.2) is 18.5 Å². The van der Waals surface area contributed by atoms with Gasteiger partial charge in [0, 0.05) is 12.4 Å². The summed E-state index contributed by atoms with van der Waals surface area (Å²) in [5, 5.41) is 4.22. The van der Waals surface area contributed by atoms with Gasteiger partial charge in [-0.3, -0.25) is 4.98 Å². The molecule has 1 aliphatic rings. The molecule has 1 aromatic heterocycles. The number of rotatable bonds is 2. The van der Waals surface area contributed by atoms with Gasteiger partial charge in [0.15, 0.2) is 0 Å². The second-order valence-corrected chi connectivity index (χ2v) is 4.65. The molecule has 0 unspecified atom stereocenters. The zero-order chi connectivity index (χ0) is 10.7. The lowest BCUT2D eigenvalue weighted by Crippen LogP contribution is -2.39.